The van der Waals surface area contributed by atoms with Crippen molar-refractivity contribution in [3.63, 3.8) is 0 Å². The maximum Gasteiger partial charge on any atom is 0.167 e. The fourth-order valence-corrected chi connectivity index (χ4v) is 3.97. The van der Waals surface area contributed by atoms with Crippen molar-refractivity contribution in [3.8, 4) is 0 Å². The molecule has 2 aromatic rings. The second-order valence-corrected chi connectivity index (χ2v) is 7.69. The normalized spacial score (nSPS) is 11.0. The number of hydrogen-bond acceptors (Lipinski definition) is 1. The summed E-state index contributed by atoms with van der Waals surface area (Å²) in [5.41, 5.74) is 7.51. The van der Waals surface area contributed by atoms with E-state index in [4.69, 9.17) is 0 Å². The SMILES string of the molecule is CCCc1cc(CCC)cc(C(=O)Cc2c(CCC)cccc2CCC)c1. The second kappa shape index (κ2) is 11.1. The van der Waals surface area contributed by atoms with Crippen molar-refractivity contribution in [1.82, 2.24) is 0 Å². The largest absolute Gasteiger partial charge is 0.294 e. The third kappa shape index (κ3) is 6.06. The van der Waals surface area contributed by atoms with E-state index < -0.39 is 0 Å². The van der Waals surface area contributed by atoms with Gasteiger partial charge in [-0.15, -0.1) is 0 Å². The lowest BCUT2D eigenvalue weighted by Gasteiger charge is -2.15. The zero-order chi connectivity index (χ0) is 19.6. The van der Waals surface area contributed by atoms with E-state index in [9.17, 15) is 4.79 Å². The average molecular weight is 365 g/mol. The number of carbonyl (C=O) groups is 1. The van der Waals surface area contributed by atoms with Gasteiger partial charge in [0.1, 0.15) is 0 Å². The van der Waals surface area contributed by atoms with Gasteiger partial charge >= 0.3 is 0 Å². The maximum atomic E-state index is 13.2. The Morgan fingerprint density at radius 2 is 1.19 bits per heavy atom. The van der Waals surface area contributed by atoms with Gasteiger partial charge in [-0.1, -0.05) is 77.6 Å². The Kier molecular flexibility index (Phi) is 8.78. The number of ketones is 1. The zero-order valence-electron chi connectivity index (χ0n) is 17.7. The van der Waals surface area contributed by atoms with E-state index in [1.54, 1.807) is 0 Å². The summed E-state index contributed by atoms with van der Waals surface area (Å²) in [6.07, 6.45) is 9.19. The van der Waals surface area contributed by atoms with Crippen molar-refractivity contribution in [3.05, 3.63) is 69.8 Å². The highest BCUT2D eigenvalue weighted by Crippen LogP contribution is 2.22. The molecule has 0 radical (unpaired) electrons. The molecule has 0 saturated carbocycles. The van der Waals surface area contributed by atoms with Gasteiger partial charge in [-0.05, 0) is 65.6 Å². The van der Waals surface area contributed by atoms with E-state index in [0.29, 0.717) is 6.42 Å². The molecule has 146 valence electrons. The fraction of sp³-hybridized carbons (Fsp3) is 0.500. The minimum Gasteiger partial charge on any atom is -0.294 e. The lowest BCUT2D eigenvalue weighted by Crippen LogP contribution is -2.10. The minimum atomic E-state index is 0.270. The van der Waals surface area contributed by atoms with Gasteiger partial charge in [-0.3, -0.25) is 4.79 Å². The van der Waals surface area contributed by atoms with Gasteiger partial charge in [0.15, 0.2) is 5.78 Å². The summed E-state index contributed by atoms with van der Waals surface area (Å²) >= 11 is 0. The Hall–Kier alpha value is -1.89. The fourth-order valence-electron chi connectivity index (χ4n) is 3.97. The Morgan fingerprint density at radius 3 is 1.63 bits per heavy atom. The molecule has 0 N–H and O–H groups in total. The van der Waals surface area contributed by atoms with E-state index >= 15 is 0 Å². The van der Waals surface area contributed by atoms with Crippen LogP contribution in [0, 0.1) is 0 Å². The monoisotopic (exact) mass is 364 g/mol. The first-order chi connectivity index (χ1) is 13.1. The van der Waals surface area contributed by atoms with E-state index in [1.165, 1.54) is 27.8 Å². The zero-order valence-corrected chi connectivity index (χ0v) is 17.7. The van der Waals surface area contributed by atoms with Gasteiger partial charge in [0.2, 0.25) is 0 Å². The molecule has 0 bridgehead atoms. The van der Waals surface area contributed by atoms with Crippen LogP contribution in [0.3, 0.4) is 0 Å². The first-order valence-corrected chi connectivity index (χ1v) is 10.9. The molecule has 0 saturated heterocycles. The van der Waals surface area contributed by atoms with Gasteiger partial charge < -0.3 is 0 Å². The Morgan fingerprint density at radius 1 is 0.704 bits per heavy atom. The highest BCUT2D eigenvalue weighted by Gasteiger charge is 2.15. The molecule has 0 heterocycles. The molecular weight excluding hydrogens is 328 g/mol. The van der Waals surface area contributed by atoms with E-state index in [0.717, 1.165) is 56.9 Å². The van der Waals surface area contributed by atoms with Crippen molar-refractivity contribution < 1.29 is 4.79 Å². The van der Waals surface area contributed by atoms with E-state index in [2.05, 4.69) is 64.1 Å². The number of rotatable bonds is 11. The topological polar surface area (TPSA) is 17.1 Å². The smallest absolute Gasteiger partial charge is 0.167 e. The maximum absolute atomic E-state index is 13.2. The molecule has 0 aromatic heterocycles. The summed E-state index contributed by atoms with van der Waals surface area (Å²) in [7, 11) is 0. The van der Waals surface area contributed by atoms with Crippen molar-refractivity contribution >= 4 is 5.78 Å². The van der Waals surface area contributed by atoms with Crippen molar-refractivity contribution in [2.75, 3.05) is 0 Å². The highest BCUT2D eigenvalue weighted by atomic mass is 16.1. The summed E-state index contributed by atoms with van der Waals surface area (Å²) in [4.78, 5) is 13.2. The van der Waals surface area contributed by atoms with E-state index in [-0.39, 0.29) is 5.78 Å². The number of carbonyl (C=O) groups excluding carboxylic acids is 1. The van der Waals surface area contributed by atoms with Gasteiger partial charge in [-0.2, -0.15) is 0 Å². The molecule has 0 aliphatic heterocycles. The van der Waals surface area contributed by atoms with Crippen LogP contribution in [0.5, 0.6) is 0 Å². The number of aryl methyl sites for hydroxylation is 4. The molecule has 1 nitrogen and oxygen atoms in total. The predicted octanol–water partition coefficient (Wildman–Crippen LogP) is 6.92. The summed E-state index contributed by atoms with van der Waals surface area (Å²) in [6, 6.07) is 13.1. The Bertz CT molecular complexity index is 693. The molecule has 0 atom stereocenters. The van der Waals surface area contributed by atoms with Crippen molar-refractivity contribution in [2.24, 2.45) is 0 Å². The molecule has 0 unspecified atom stereocenters. The Labute approximate surface area is 166 Å². The first kappa shape index (κ1) is 21.4. The summed E-state index contributed by atoms with van der Waals surface area (Å²) in [6.45, 7) is 8.82. The molecule has 0 aliphatic rings. The van der Waals surface area contributed by atoms with Gasteiger partial charge in [-0.25, -0.2) is 0 Å². The van der Waals surface area contributed by atoms with Crippen LogP contribution in [0.15, 0.2) is 36.4 Å². The standard InChI is InChI=1S/C26H36O/c1-5-10-20-16-21(11-6-2)18-24(17-20)26(27)19-25-22(12-7-3)14-9-15-23(25)13-8-4/h9,14-18H,5-8,10-13,19H2,1-4H3. The van der Waals surface area contributed by atoms with E-state index in [1.807, 2.05) is 0 Å². The van der Waals surface area contributed by atoms with Crippen LogP contribution in [-0.4, -0.2) is 5.78 Å². The average Bonchev–Trinajstić information content (AvgIpc) is 2.65. The highest BCUT2D eigenvalue weighted by molar-refractivity contribution is 5.98. The summed E-state index contributed by atoms with van der Waals surface area (Å²) in [5.74, 6) is 0.270. The number of Topliss-reactive ketones (excluding diaryl/α,β-unsaturated/α-hetero) is 1. The minimum absolute atomic E-state index is 0.270. The predicted molar refractivity (Wildman–Crippen MR) is 117 cm³/mol. The molecule has 1 heteroatoms. The first-order valence-electron chi connectivity index (χ1n) is 10.9. The third-order valence-corrected chi connectivity index (χ3v) is 5.20. The summed E-state index contributed by atoms with van der Waals surface area (Å²) < 4.78 is 0. The molecule has 0 aliphatic carbocycles. The van der Waals surface area contributed by atoms with Crippen LogP contribution in [0.25, 0.3) is 0 Å². The van der Waals surface area contributed by atoms with Gasteiger partial charge in [0.05, 0.1) is 0 Å². The number of benzene rings is 2. The second-order valence-electron chi connectivity index (χ2n) is 7.69. The van der Waals surface area contributed by atoms with Gasteiger partial charge in [0.25, 0.3) is 0 Å². The van der Waals surface area contributed by atoms with Crippen molar-refractivity contribution in [1.29, 1.82) is 0 Å². The molecule has 27 heavy (non-hydrogen) atoms. The van der Waals surface area contributed by atoms with Crippen molar-refractivity contribution in [2.45, 2.75) is 85.5 Å². The van der Waals surface area contributed by atoms with Crippen LogP contribution in [0.1, 0.15) is 91.6 Å². The molecule has 0 spiro atoms. The lowest BCUT2D eigenvalue weighted by molar-refractivity contribution is 0.0992. The van der Waals surface area contributed by atoms with Gasteiger partial charge in [0, 0.05) is 12.0 Å². The molecule has 0 fully saturated rings. The van der Waals surface area contributed by atoms with Crippen LogP contribution in [-0.2, 0) is 32.1 Å². The Balaban J connectivity index is 2.36. The lowest BCUT2D eigenvalue weighted by atomic mass is 9.89. The van der Waals surface area contributed by atoms with Crippen LogP contribution >= 0.6 is 0 Å². The van der Waals surface area contributed by atoms with Crippen LogP contribution in [0.4, 0.5) is 0 Å². The summed E-state index contributed by atoms with van der Waals surface area (Å²) in [5, 5.41) is 0. The van der Waals surface area contributed by atoms with Crippen LogP contribution < -0.4 is 0 Å². The molecule has 2 aromatic carbocycles. The quantitative estimate of drug-likeness (QED) is 0.395. The number of hydrogen-bond donors (Lipinski definition) is 0. The molecule has 0 amide bonds. The van der Waals surface area contributed by atoms with Crippen LogP contribution in [0.2, 0.25) is 0 Å². The third-order valence-electron chi connectivity index (χ3n) is 5.20. The molecule has 2 rings (SSSR count). The molecular formula is C26H36O.